The maximum atomic E-state index is 12.9. The molecule has 0 spiro atoms. The Labute approximate surface area is 117 Å². The molecule has 1 aromatic carbocycles. The monoisotopic (exact) mass is 265 g/mol. The topological polar surface area (TPSA) is 12.0 Å². The Bertz CT molecular complexity index is 343. The second-order valence-electron chi connectivity index (χ2n) is 6.38. The summed E-state index contributed by atoms with van der Waals surface area (Å²) < 4.78 is 12.9. The minimum absolute atomic E-state index is 0.151. The van der Waals surface area contributed by atoms with Gasteiger partial charge in [-0.25, -0.2) is 4.39 Å². The van der Waals surface area contributed by atoms with Gasteiger partial charge in [0.1, 0.15) is 5.82 Å². The second kappa shape index (κ2) is 8.31. The van der Waals surface area contributed by atoms with Crippen LogP contribution in [0.1, 0.15) is 39.7 Å². The Morgan fingerprint density at radius 2 is 1.58 bits per heavy atom. The molecular formula is C17H28FN. The van der Waals surface area contributed by atoms with Crippen molar-refractivity contribution in [2.45, 2.75) is 40.5 Å². The van der Waals surface area contributed by atoms with Crippen molar-refractivity contribution >= 4 is 0 Å². The van der Waals surface area contributed by atoms with Gasteiger partial charge in [0, 0.05) is 0 Å². The van der Waals surface area contributed by atoms with Crippen LogP contribution >= 0.6 is 0 Å². The molecule has 0 aliphatic heterocycles. The molecule has 0 amide bonds. The molecule has 0 aliphatic carbocycles. The third-order valence-electron chi connectivity index (χ3n) is 3.23. The Morgan fingerprint density at radius 1 is 0.947 bits per heavy atom. The highest BCUT2D eigenvalue weighted by Gasteiger charge is 2.12. The molecule has 0 saturated heterocycles. The number of rotatable bonds is 8. The number of hydrogen-bond donors (Lipinski definition) is 1. The summed E-state index contributed by atoms with van der Waals surface area (Å²) in [4.78, 5) is 0. The van der Waals surface area contributed by atoms with Crippen LogP contribution in [0.5, 0.6) is 0 Å². The van der Waals surface area contributed by atoms with Crippen molar-refractivity contribution in [2.24, 2.45) is 17.8 Å². The van der Waals surface area contributed by atoms with E-state index in [1.54, 1.807) is 12.1 Å². The van der Waals surface area contributed by atoms with Gasteiger partial charge in [0.15, 0.2) is 0 Å². The van der Waals surface area contributed by atoms with E-state index in [1.165, 1.54) is 12.0 Å². The van der Waals surface area contributed by atoms with Gasteiger partial charge in [-0.1, -0.05) is 39.8 Å². The van der Waals surface area contributed by atoms with Gasteiger partial charge in [-0.15, -0.1) is 0 Å². The zero-order valence-corrected chi connectivity index (χ0v) is 12.7. The third kappa shape index (κ3) is 7.31. The maximum absolute atomic E-state index is 12.9. The van der Waals surface area contributed by atoms with Gasteiger partial charge in [0.05, 0.1) is 0 Å². The molecule has 1 aromatic rings. The molecule has 1 unspecified atom stereocenters. The third-order valence-corrected chi connectivity index (χ3v) is 3.23. The molecule has 0 bridgehead atoms. The van der Waals surface area contributed by atoms with E-state index in [2.05, 4.69) is 33.0 Å². The van der Waals surface area contributed by atoms with Crippen LogP contribution < -0.4 is 5.32 Å². The molecule has 0 aromatic heterocycles. The largest absolute Gasteiger partial charge is 0.316 e. The van der Waals surface area contributed by atoms with E-state index in [9.17, 15) is 4.39 Å². The Balaban J connectivity index is 2.50. The van der Waals surface area contributed by atoms with Crippen molar-refractivity contribution in [3.63, 3.8) is 0 Å². The molecular weight excluding hydrogens is 237 g/mol. The quantitative estimate of drug-likeness (QED) is 0.740. The van der Waals surface area contributed by atoms with Gasteiger partial charge >= 0.3 is 0 Å². The minimum atomic E-state index is -0.151. The normalized spacial score (nSPS) is 13.2. The average molecular weight is 265 g/mol. The van der Waals surface area contributed by atoms with E-state index >= 15 is 0 Å². The summed E-state index contributed by atoms with van der Waals surface area (Å²) >= 11 is 0. The van der Waals surface area contributed by atoms with Crippen molar-refractivity contribution in [3.8, 4) is 0 Å². The number of halogens is 1. The molecule has 0 radical (unpaired) electrons. The van der Waals surface area contributed by atoms with Crippen molar-refractivity contribution in [1.29, 1.82) is 0 Å². The van der Waals surface area contributed by atoms with Crippen LogP contribution in [0.15, 0.2) is 24.3 Å². The van der Waals surface area contributed by atoms with Crippen LogP contribution in [0.25, 0.3) is 0 Å². The first kappa shape index (κ1) is 16.2. The van der Waals surface area contributed by atoms with Gasteiger partial charge in [-0.3, -0.25) is 0 Å². The van der Waals surface area contributed by atoms with Crippen molar-refractivity contribution in [1.82, 2.24) is 5.32 Å². The fourth-order valence-corrected chi connectivity index (χ4v) is 2.44. The summed E-state index contributed by atoms with van der Waals surface area (Å²) in [6.07, 6.45) is 2.24. The molecule has 19 heavy (non-hydrogen) atoms. The van der Waals surface area contributed by atoms with Crippen molar-refractivity contribution < 1.29 is 4.39 Å². The Morgan fingerprint density at radius 3 is 2.11 bits per heavy atom. The number of hydrogen-bond acceptors (Lipinski definition) is 1. The summed E-state index contributed by atoms with van der Waals surface area (Å²) in [5.74, 6) is 1.86. The molecule has 0 fully saturated rings. The lowest BCUT2D eigenvalue weighted by Gasteiger charge is -2.20. The van der Waals surface area contributed by atoms with Crippen LogP contribution in [-0.2, 0) is 6.42 Å². The molecule has 0 heterocycles. The van der Waals surface area contributed by atoms with Crippen LogP contribution in [0.4, 0.5) is 4.39 Å². The lowest BCUT2D eigenvalue weighted by molar-refractivity contribution is 0.376. The fraction of sp³-hybridized carbons (Fsp3) is 0.647. The summed E-state index contributed by atoms with van der Waals surface area (Å²) in [6.45, 7) is 11.1. The predicted molar refractivity (Wildman–Crippen MR) is 80.8 cm³/mol. The summed E-state index contributed by atoms with van der Waals surface area (Å²) in [7, 11) is 0. The van der Waals surface area contributed by atoms with Crippen molar-refractivity contribution in [2.75, 3.05) is 13.1 Å². The average Bonchev–Trinajstić information content (AvgIpc) is 2.30. The van der Waals surface area contributed by atoms with Gasteiger partial charge in [0.25, 0.3) is 0 Å². The number of benzene rings is 1. The smallest absolute Gasteiger partial charge is 0.123 e. The minimum Gasteiger partial charge on any atom is -0.316 e. The molecule has 1 rings (SSSR count). The predicted octanol–water partition coefficient (Wildman–Crippen LogP) is 4.28. The van der Waals surface area contributed by atoms with E-state index in [0.717, 1.165) is 19.5 Å². The Kier molecular flexibility index (Phi) is 7.07. The fourth-order valence-electron chi connectivity index (χ4n) is 2.44. The summed E-state index contributed by atoms with van der Waals surface area (Å²) in [5.41, 5.74) is 1.23. The lowest BCUT2D eigenvalue weighted by Crippen LogP contribution is -2.28. The van der Waals surface area contributed by atoms with E-state index in [0.29, 0.717) is 17.8 Å². The number of nitrogens with one attached hydrogen (secondary N) is 1. The first-order valence-corrected chi connectivity index (χ1v) is 7.42. The SMILES string of the molecule is CC(C)CNCC(Cc1ccc(F)cc1)CC(C)C. The van der Waals surface area contributed by atoms with Gasteiger partial charge in [0.2, 0.25) is 0 Å². The van der Waals surface area contributed by atoms with Crippen molar-refractivity contribution in [3.05, 3.63) is 35.6 Å². The van der Waals surface area contributed by atoms with Crippen LogP contribution in [0, 0.1) is 23.6 Å². The molecule has 0 saturated carbocycles. The standard InChI is InChI=1S/C17H28FN/c1-13(2)9-16(12-19-11-14(3)4)10-15-5-7-17(18)8-6-15/h5-8,13-14,16,19H,9-12H2,1-4H3. The highest BCUT2D eigenvalue weighted by molar-refractivity contribution is 5.16. The summed E-state index contributed by atoms with van der Waals surface area (Å²) in [6, 6.07) is 6.93. The van der Waals surface area contributed by atoms with Crippen LogP contribution in [0.3, 0.4) is 0 Å². The summed E-state index contributed by atoms with van der Waals surface area (Å²) in [5, 5.41) is 3.55. The maximum Gasteiger partial charge on any atom is 0.123 e. The van der Waals surface area contributed by atoms with Crippen LogP contribution in [0.2, 0.25) is 0 Å². The highest BCUT2D eigenvalue weighted by atomic mass is 19.1. The first-order valence-electron chi connectivity index (χ1n) is 7.42. The zero-order valence-electron chi connectivity index (χ0n) is 12.7. The van der Waals surface area contributed by atoms with Gasteiger partial charge in [-0.05, 0) is 61.4 Å². The zero-order chi connectivity index (χ0) is 14.3. The molecule has 1 N–H and O–H groups in total. The van der Waals surface area contributed by atoms with E-state index in [-0.39, 0.29) is 5.82 Å². The molecule has 0 aliphatic rings. The van der Waals surface area contributed by atoms with E-state index < -0.39 is 0 Å². The molecule has 2 heteroatoms. The lowest BCUT2D eigenvalue weighted by atomic mass is 9.91. The molecule has 108 valence electrons. The highest BCUT2D eigenvalue weighted by Crippen LogP contribution is 2.17. The van der Waals surface area contributed by atoms with E-state index in [1.807, 2.05) is 12.1 Å². The first-order chi connectivity index (χ1) is 8.97. The van der Waals surface area contributed by atoms with E-state index in [4.69, 9.17) is 0 Å². The van der Waals surface area contributed by atoms with Gasteiger partial charge < -0.3 is 5.32 Å². The van der Waals surface area contributed by atoms with Crippen LogP contribution in [-0.4, -0.2) is 13.1 Å². The molecule has 1 nitrogen and oxygen atoms in total. The second-order valence-corrected chi connectivity index (χ2v) is 6.38. The van der Waals surface area contributed by atoms with Gasteiger partial charge in [-0.2, -0.15) is 0 Å². The molecule has 1 atom stereocenters. The Hall–Kier alpha value is -0.890.